The molecule has 2 aromatic rings. The Kier molecular flexibility index (Phi) is 2.21. The number of aromatic nitrogens is 2. The Labute approximate surface area is 87.3 Å². The largest absolute Gasteiger partial charge is 0.497 e. The van der Waals surface area contributed by atoms with Crippen molar-refractivity contribution >= 4 is 5.95 Å². The molecule has 1 aromatic heterocycles. The van der Waals surface area contributed by atoms with E-state index in [1.54, 1.807) is 13.3 Å². The van der Waals surface area contributed by atoms with Gasteiger partial charge in [-0.1, -0.05) is 12.1 Å². The van der Waals surface area contributed by atoms with Crippen LogP contribution in [0.25, 0.3) is 11.3 Å². The van der Waals surface area contributed by atoms with E-state index in [1.165, 1.54) is 4.68 Å². The summed E-state index contributed by atoms with van der Waals surface area (Å²) < 4.78 is 6.40. The highest BCUT2D eigenvalue weighted by Gasteiger charge is 2.05. The first-order chi connectivity index (χ1) is 7.20. The smallest absolute Gasteiger partial charge is 0.219 e. The molecule has 78 valence electrons. The van der Waals surface area contributed by atoms with E-state index in [0.29, 0.717) is 0 Å². The van der Waals surface area contributed by atoms with Crippen molar-refractivity contribution in [3.05, 3.63) is 30.5 Å². The summed E-state index contributed by atoms with van der Waals surface area (Å²) in [6.07, 6.45) is 1.67. The lowest BCUT2D eigenvalue weighted by Gasteiger charge is -2.00. The van der Waals surface area contributed by atoms with Crippen LogP contribution < -0.4 is 16.3 Å². The Hall–Kier alpha value is -2.17. The molecule has 1 heterocycles. The van der Waals surface area contributed by atoms with Gasteiger partial charge in [0.2, 0.25) is 5.95 Å². The normalized spacial score (nSPS) is 10.2. The first-order valence-electron chi connectivity index (χ1n) is 4.45. The monoisotopic (exact) mass is 204 g/mol. The van der Waals surface area contributed by atoms with Gasteiger partial charge in [-0.25, -0.2) is 9.66 Å². The maximum Gasteiger partial charge on any atom is 0.219 e. The summed E-state index contributed by atoms with van der Waals surface area (Å²) in [5, 5.41) is 0. The average molecular weight is 204 g/mol. The van der Waals surface area contributed by atoms with Crippen LogP contribution in [0.15, 0.2) is 30.5 Å². The van der Waals surface area contributed by atoms with E-state index in [0.717, 1.165) is 17.0 Å². The minimum Gasteiger partial charge on any atom is -0.497 e. The average Bonchev–Trinajstić information content (AvgIpc) is 2.59. The zero-order valence-electron chi connectivity index (χ0n) is 8.34. The minimum atomic E-state index is 0.285. The lowest BCUT2D eigenvalue weighted by Crippen LogP contribution is -2.09. The van der Waals surface area contributed by atoms with Gasteiger partial charge >= 0.3 is 0 Å². The van der Waals surface area contributed by atoms with Crippen LogP contribution in [-0.4, -0.2) is 16.8 Å². The van der Waals surface area contributed by atoms with Gasteiger partial charge in [-0.3, -0.25) is 0 Å². The van der Waals surface area contributed by atoms with E-state index in [4.69, 9.17) is 16.3 Å². The topological polar surface area (TPSA) is 79.1 Å². The van der Waals surface area contributed by atoms with Gasteiger partial charge in [0.1, 0.15) is 5.75 Å². The molecule has 0 saturated heterocycles. The molecule has 0 atom stereocenters. The first kappa shape index (κ1) is 9.39. The van der Waals surface area contributed by atoms with Gasteiger partial charge in [0.05, 0.1) is 19.0 Å². The van der Waals surface area contributed by atoms with Gasteiger partial charge in [0.25, 0.3) is 0 Å². The highest BCUT2D eigenvalue weighted by atomic mass is 16.5. The summed E-state index contributed by atoms with van der Waals surface area (Å²) in [6, 6.07) is 7.55. The fourth-order valence-electron chi connectivity index (χ4n) is 1.33. The Bertz CT molecular complexity index is 459. The molecule has 5 nitrogen and oxygen atoms in total. The molecular formula is C10H12N4O. The molecule has 5 heteroatoms. The van der Waals surface area contributed by atoms with Crippen molar-refractivity contribution in [1.82, 2.24) is 9.66 Å². The number of hydrogen-bond acceptors (Lipinski definition) is 4. The van der Waals surface area contributed by atoms with Crippen molar-refractivity contribution in [2.45, 2.75) is 0 Å². The summed E-state index contributed by atoms with van der Waals surface area (Å²) >= 11 is 0. The predicted octanol–water partition coefficient (Wildman–Crippen LogP) is 0.855. The summed E-state index contributed by atoms with van der Waals surface area (Å²) in [5.74, 6) is 6.61. The van der Waals surface area contributed by atoms with Crippen LogP contribution in [0.3, 0.4) is 0 Å². The standard InChI is InChI=1S/C10H12N4O/c1-15-8-4-2-3-7(5-8)9-6-14(12)10(11)13-9/h2-6H,12H2,1H3,(H2,11,13). The zero-order valence-corrected chi connectivity index (χ0v) is 8.34. The summed E-state index contributed by atoms with van der Waals surface area (Å²) in [4.78, 5) is 4.12. The SMILES string of the molecule is COc1cccc(-c2cn(N)c(N)n2)c1. The second kappa shape index (κ2) is 3.53. The number of hydrogen-bond donors (Lipinski definition) is 2. The molecular weight excluding hydrogens is 192 g/mol. The van der Waals surface area contributed by atoms with E-state index < -0.39 is 0 Å². The number of nitrogens with zero attached hydrogens (tertiary/aromatic N) is 2. The third-order valence-corrected chi connectivity index (χ3v) is 2.13. The van der Waals surface area contributed by atoms with Crippen molar-refractivity contribution in [3.63, 3.8) is 0 Å². The van der Waals surface area contributed by atoms with Crippen LogP contribution in [0.2, 0.25) is 0 Å². The molecule has 0 radical (unpaired) electrons. The van der Waals surface area contributed by atoms with Crippen molar-refractivity contribution in [2.24, 2.45) is 0 Å². The number of nitrogen functional groups attached to an aromatic ring is 2. The van der Waals surface area contributed by atoms with Gasteiger partial charge in [-0.05, 0) is 12.1 Å². The van der Waals surface area contributed by atoms with Crippen LogP contribution in [-0.2, 0) is 0 Å². The fourth-order valence-corrected chi connectivity index (χ4v) is 1.33. The van der Waals surface area contributed by atoms with Gasteiger partial charge in [-0.2, -0.15) is 0 Å². The molecule has 4 N–H and O–H groups in total. The molecule has 0 spiro atoms. The number of rotatable bonds is 2. The number of imidazole rings is 1. The third kappa shape index (κ3) is 1.71. The Morgan fingerprint density at radius 3 is 2.80 bits per heavy atom. The van der Waals surface area contributed by atoms with Crippen molar-refractivity contribution in [3.8, 4) is 17.0 Å². The van der Waals surface area contributed by atoms with E-state index in [9.17, 15) is 0 Å². The van der Waals surface area contributed by atoms with Crippen molar-refractivity contribution in [1.29, 1.82) is 0 Å². The molecule has 0 saturated carbocycles. The van der Waals surface area contributed by atoms with E-state index >= 15 is 0 Å². The fraction of sp³-hybridized carbons (Fsp3) is 0.100. The second-order valence-electron chi connectivity index (χ2n) is 3.12. The lowest BCUT2D eigenvalue weighted by atomic mass is 10.1. The number of nitrogens with two attached hydrogens (primary N) is 2. The number of methoxy groups -OCH3 is 1. The van der Waals surface area contributed by atoms with Gasteiger partial charge in [0, 0.05) is 5.56 Å². The Morgan fingerprint density at radius 1 is 1.40 bits per heavy atom. The Balaban J connectivity index is 2.44. The highest BCUT2D eigenvalue weighted by Crippen LogP contribution is 2.22. The highest BCUT2D eigenvalue weighted by molar-refractivity contribution is 5.62. The first-order valence-corrected chi connectivity index (χ1v) is 4.45. The van der Waals surface area contributed by atoms with Gasteiger partial charge in [0.15, 0.2) is 0 Å². The minimum absolute atomic E-state index is 0.285. The summed E-state index contributed by atoms with van der Waals surface area (Å²) in [5.41, 5.74) is 7.20. The second-order valence-corrected chi connectivity index (χ2v) is 3.12. The number of ether oxygens (including phenoxy) is 1. The summed E-state index contributed by atoms with van der Waals surface area (Å²) in [7, 11) is 1.62. The van der Waals surface area contributed by atoms with Gasteiger partial charge < -0.3 is 16.3 Å². The summed E-state index contributed by atoms with van der Waals surface area (Å²) in [6.45, 7) is 0. The molecule has 15 heavy (non-hydrogen) atoms. The molecule has 0 aliphatic carbocycles. The quantitative estimate of drug-likeness (QED) is 0.711. The zero-order chi connectivity index (χ0) is 10.8. The van der Waals surface area contributed by atoms with Crippen molar-refractivity contribution in [2.75, 3.05) is 18.7 Å². The molecule has 0 aliphatic heterocycles. The molecule has 0 aliphatic rings. The molecule has 2 rings (SSSR count). The molecule has 0 amide bonds. The lowest BCUT2D eigenvalue weighted by molar-refractivity contribution is 0.415. The number of benzene rings is 1. The molecule has 0 bridgehead atoms. The molecule has 0 fully saturated rings. The Morgan fingerprint density at radius 2 is 2.20 bits per heavy atom. The number of anilines is 1. The van der Waals surface area contributed by atoms with E-state index in [1.807, 2.05) is 24.3 Å². The maximum atomic E-state index is 5.55. The third-order valence-electron chi connectivity index (χ3n) is 2.13. The van der Waals surface area contributed by atoms with Crippen molar-refractivity contribution < 1.29 is 4.74 Å². The molecule has 1 aromatic carbocycles. The van der Waals surface area contributed by atoms with Crippen LogP contribution in [0, 0.1) is 0 Å². The van der Waals surface area contributed by atoms with Crippen LogP contribution in [0.4, 0.5) is 5.95 Å². The van der Waals surface area contributed by atoms with Crippen LogP contribution in [0.1, 0.15) is 0 Å². The maximum absolute atomic E-state index is 5.55. The predicted molar refractivity (Wildman–Crippen MR) is 58.8 cm³/mol. The molecule has 0 unspecified atom stereocenters. The van der Waals surface area contributed by atoms with E-state index in [-0.39, 0.29) is 5.95 Å². The van der Waals surface area contributed by atoms with E-state index in [2.05, 4.69) is 4.98 Å². The van der Waals surface area contributed by atoms with Gasteiger partial charge in [-0.15, -0.1) is 0 Å². The van der Waals surface area contributed by atoms with Crippen LogP contribution >= 0.6 is 0 Å². The van der Waals surface area contributed by atoms with Crippen LogP contribution in [0.5, 0.6) is 5.75 Å².